The Hall–Kier alpha value is -2.90. The lowest BCUT2D eigenvalue weighted by molar-refractivity contribution is -0.114. The minimum Gasteiger partial charge on any atom is -0.323 e. The highest BCUT2D eigenvalue weighted by Crippen LogP contribution is 2.25. The van der Waals surface area contributed by atoms with Crippen molar-refractivity contribution < 1.29 is 13.2 Å². The summed E-state index contributed by atoms with van der Waals surface area (Å²) in [7, 11) is -3.97. The number of sulfonamides is 1. The van der Waals surface area contributed by atoms with E-state index in [1.54, 1.807) is 42.6 Å². The Labute approximate surface area is 168 Å². The molecule has 0 radical (unpaired) electrons. The molecule has 1 amide bonds. The van der Waals surface area contributed by atoms with Crippen molar-refractivity contribution in [1.82, 2.24) is 4.98 Å². The molecule has 1 heterocycles. The van der Waals surface area contributed by atoms with Crippen LogP contribution in [0.25, 0.3) is 0 Å². The van der Waals surface area contributed by atoms with Crippen LogP contribution in [-0.2, 0) is 14.8 Å². The van der Waals surface area contributed by atoms with Crippen LogP contribution in [0.15, 0.2) is 78.0 Å². The molecule has 0 aliphatic rings. The monoisotopic (exact) mass is 415 g/mol. The lowest BCUT2D eigenvalue weighted by atomic mass is 10.2. The Bertz CT molecular complexity index is 1050. The standard InChI is InChI=1S/C20H18ClN3O3S/c1-15-4-8-18(9-5-15)24(14-20(25)23-17-3-2-12-22-13-17)28(26,27)19-10-6-16(21)7-11-19/h2-13H,14H2,1H3,(H,23,25). The van der Waals surface area contributed by atoms with Gasteiger partial charge in [-0.25, -0.2) is 8.42 Å². The summed E-state index contributed by atoms with van der Waals surface area (Å²) in [6.07, 6.45) is 3.07. The summed E-state index contributed by atoms with van der Waals surface area (Å²) in [4.78, 5) is 16.5. The smallest absolute Gasteiger partial charge is 0.264 e. The molecule has 0 saturated heterocycles. The molecule has 8 heteroatoms. The van der Waals surface area contributed by atoms with Crippen LogP contribution in [0, 0.1) is 6.92 Å². The average Bonchev–Trinajstić information content (AvgIpc) is 2.68. The number of nitrogens with zero attached hydrogens (tertiary/aromatic N) is 2. The molecule has 0 aliphatic heterocycles. The van der Waals surface area contributed by atoms with Crippen molar-refractivity contribution in [2.45, 2.75) is 11.8 Å². The molecule has 3 aromatic rings. The van der Waals surface area contributed by atoms with E-state index >= 15 is 0 Å². The molecule has 1 aromatic heterocycles. The summed E-state index contributed by atoms with van der Waals surface area (Å²) in [5.74, 6) is -0.480. The number of carbonyl (C=O) groups is 1. The summed E-state index contributed by atoms with van der Waals surface area (Å²) in [6, 6.07) is 16.1. The zero-order valence-corrected chi connectivity index (χ0v) is 16.6. The summed E-state index contributed by atoms with van der Waals surface area (Å²) in [5.41, 5.74) is 1.86. The Balaban J connectivity index is 1.94. The van der Waals surface area contributed by atoms with Crippen LogP contribution in [0.1, 0.15) is 5.56 Å². The summed E-state index contributed by atoms with van der Waals surface area (Å²) in [5, 5.41) is 3.08. The van der Waals surface area contributed by atoms with Gasteiger partial charge in [0.05, 0.1) is 22.5 Å². The molecule has 144 valence electrons. The van der Waals surface area contributed by atoms with E-state index in [4.69, 9.17) is 11.6 Å². The quantitative estimate of drug-likeness (QED) is 0.662. The highest BCUT2D eigenvalue weighted by Gasteiger charge is 2.27. The fourth-order valence-electron chi connectivity index (χ4n) is 2.53. The minimum absolute atomic E-state index is 0.0478. The van der Waals surface area contributed by atoms with Crippen molar-refractivity contribution in [3.8, 4) is 0 Å². The van der Waals surface area contributed by atoms with E-state index in [2.05, 4.69) is 10.3 Å². The lowest BCUT2D eigenvalue weighted by Crippen LogP contribution is -2.38. The molecule has 0 spiro atoms. The van der Waals surface area contributed by atoms with Gasteiger partial charge in [0.2, 0.25) is 5.91 Å². The van der Waals surface area contributed by atoms with E-state index in [1.807, 2.05) is 6.92 Å². The van der Waals surface area contributed by atoms with Gasteiger partial charge in [-0.05, 0) is 55.5 Å². The second kappa shape index (κ2) is 8.41. The molecule has 28 heavy (non-hydrogen) atoms. The number of hydrogen-bond acceptors (Lipinski definition) is 4. The Morgan fingerprint density at radius 2 is 1.75 bits per heavy atom. The summed E-state index contributed by atoms with van der Waals surface area (Å²) in [6.45, 7) is 1.51. The van der Waals surface area contributed by atoms with Gasteiger partial charge in [-0.1, -0.05) is 29.3 Å². The van der Waals surface area contributed by atoms with Gasteiger partial charge >= 0.3 is 0 Å². The number of aryl methyl sites for hydroxylation is 1. The van der Waals surface area contributed by atoms with Crippen LogP contribution in [0.5, 0.6) is 0 Å². The van der Waals surface area contributed by atoms with E-state index in [-0.39, 0.29) is 11.4 Å². The molecule has 0 bridgehead atoms. The van der Waals surface area contributed by atoms with Gasteiger partial charge in [0.1, 0.15) is 6.54 Å². The number of hydrogen-bond donors (Lipinski definition) is 1. The summed E-state index contributed by atoms with van der Waals surface area (Å²) >= 11 is 5.87. The van der Waals surface area contributed by atoms with Crippen LogP contribution in [0.3, 0.4) is 0 Å². The third kappa shape index (κ3) is 4.68. The van der Waals surface area contributed by atoms with Crippen LogP contribution >= 0.6 is 11.6 Å². The number of anilines is 2. The maximum Gasteiger partial charge on any atom is 0.264 e. The van der Waals surface area contributed by atoms with E-state index < -0.39 is 15.9 Å². The maximum absolute atomic E-state index is 13.2. The fraction of sp³-hybridized carbons (Fsp3) is 0.100. The molecular weight excluding hydrogens is 398 g/mol. The topological polar surface area (TPSA) is 79.4 Å². The number of nitrogens with one attached hydrogen (secondary N) is 1. The number of carbonyl (C=O) groups excluding carboxylic acids is 1. The Kier molecular flexibility index (Phi) is 5.96. The first-order valence-corrected chi connectivity index (χ1v) is 10.2. The second-order valence-electron chi connectivity index (χ2n) is 6.09. The zero-order valence-electron chi connectivity index (χ0n) is 15.0. The Morgan fingerprint density at radius 3 is 2.36 bits per heavy atom. The third-order valence-electron chi connectivity index (χ3n) is 3.96. The van der Waals surface area contributed by atoms with Crippen LogP contribution in [-0.4, -0.2) is 25.9 Å². The lowest BCUT2D eigenvalue weighted by Gasteiger charge is -2.24. The number of amides is 1. The van der Waals surface area contributed by atoms with Gasteiger partial charge in [-0.2, -0.15) is 0 Å². The molecular formula is C20H18ClN3O3S. The van der Waals surface area contributed by atoms with Crippen LogP contribution in [0.2, 0.25) is 5.02 Å². The van der Waals surface area contributed by atoms with Crippen molar-refractivity contribution in [1.29, 1.82) is 0 Å². The Morgan fingerprint density at radius 1 is 1.07 bits per heavy atom. The molecule has 0 saturated carbocycles. The van der Waals surface area contributed by atoms with Crippen molar-refractivity contribution >= 4 is 38.9 Å². The maximum atomic E-state index is 13.2. The van der Waals surface area contributed by atoms with Crippen molar-refractivity contribution in [3.05, 3.63) is 83.6 Å². The first kappa shape index (κ1) is 19.9. The van der Waals surface area contributed by atoms with E-state index in [0.717, 1.165) is 9.87 Å². The first-order chi connectivity index (χ1) is 13.4. The van der Waals surface area contributed by atoms with Gasteiger partial charge in [0, 0.05) is 11.2 Å². The number of halogens is 1. The van der Waals surface area contributed by atoms with Crippen LogP contribution in [0.4, 0.5) is 11.4 Å². The van der Waals surface area contributed by atoms with Crippen molar-refractivity contribution in [2.75, 3.05) is 16.2 Å². The van der Waals surface area contributed by atoms with Gasteiger partial charge in [-0.3, -0.25) is 14.1 Å². The summed E-state index contributed by atoms with van der Waals surface area (Å²) < 4.78 is 27.5. The SMILES string of the molecule is Cc1ccc(N(CC(=O)Nc2cccnc2)S(=O)(=O)c2ccc(Cl)cc2)cc1. The van der Waals surface area contributed by atoms with E-state index in [9.17, 15) is 13.2 Å². The first-order valence-electron chi connectivity index (χ1n) is 8.41. The number of benzene rings is 2. The van der Waals surface area contributed by atoms with E-state index in [0.29, 0.717) is 16.4 Å². The molecule has 1 N–H and O–H groups in total. The molecule has 0 unspecified atom stereocenters. The molecule has 3 rings (SSSR count). The molecule has 6 nitrogen and oxygen atoms in total. The number of aromatic nitrogens is 1. The average molecular weight is 416 g/mol. The zero-order chi connectivity index (χ0) is 20.1. The van der Waals surface area contributed by atoms with Gasteiger partial charge in [-0.15, -0.1) is 0 Å². The normalized spacial score (nSPS) is 11.1. The predicted octanol–water partition coefficient (Wildman–Crippen LogP) is 3.88. The highest BCUT2D eigenvalue weighted by atomic mass is 35.5. The van der Waals surface area contributed by atoms with E-state index in [1.165, 1.54) is 30.5 Å². The largest absolute Gasteiger partial charge is 0.323 e. The number of rotatable bonds is 6. The van der Waals surface area contributed by atoms with Crippen molar-refractivity contribution in [2.24, 2.45) is 0 Å². The van der Waals surface area contributed by atoms with Gasteiger partial charge in [0.15, 0.2) is 0 Å². The fourth-order valence-corrected chi connectivity index (χ4v) is 4.07. The number of pyridine rings is 1. The predicted molar refractivity (Wildman–Crippen MR) is 110 cm³/mol. The molecule has 2 aromatic carbocycles. The minimum atomic E-state index is -3.97. The molecule has 0 atom stereocenters. The molecule has 0 aliphatic carbocycles. The van der Waals surface area contributed by atoms with Crippen LogP contribution < -0.4 is 9.62 Å². The van der Waals surface area contributed by atoms with Crippen molar-refractivity contribution in [3.63, 3.8) is 0 Å². The highest BCUT2D eigenvalue weighted by molar-refractivity contribution is 7.92. The van der Waals surface area contributed by atoms with Gasteiger partial charge < -0.3 is 5.32 Å². The second-order valence-corrected chi connectivity index (χ2v) is 8.39. The van der Waals surface area contributed by atoms with Gasteiger partial charge in [0.25, 0.3) is 10.0 Å². The molecule has 0 fully saturated rings. The third-order valence-corrected chi connectivity index (χ3v) is 6.00.